The van der Waals surface area contributed by atoms with Crippen molar-refractivity contribution in [2.45, 2.75) is 46.1 Å². The summed E-state index contributed by atoms with van der Waals surface area (Å²) >= 11 is 12.3. The summed E-state index contributed by atoms with van der Waals surface area (Å²) < 4.78 is 0. The van der Waals surface area contributed by atoms with Gasteiger partial charge < -0.3 is 5.32 Å². The number of hydrogen-bond acceptors (Lipinski definition) is 1. The minimum Gasteiger partial charge on any atom is -0.311 e. The molecule has 18 heavy (non-hydrogen) atoms. The highest BCUT2D eigenvalue weighted by atomic mass is 35.5. The van der Waals surface area contributed by atoms with Gasteiger partial charge in [0.25, 0.3) is 0 Å². The molecule has 0 aliphatic rings. The van der Waals surface area contributed by atoms with E-state index < -0.39 is 0 Å². The molecule has 1 rings (SSSR count). The maximum absolute atomic E-state index is 6.31. The standard InChI is InChI=1S/C15H23Cl2N/c1-10(2)13(9-18-15(3,4)5)12-7-6-11(16)8-14(12)17/h6-8,10,13,18H,9H2,1-5H3. The summed E-state index contributed by atoms with van der Waals surface area (Å²) in [4.78, 5) is 0. The molecule has 0 bridgehead atoms. The highest BCUT2D eigenvalue weighted by Crippen LogP contribution is 2.32. The smallest absolute Gasteiger partial charge is 0.0456 e. The molecule has 1 aromatic carbocycles. The van der Waals surface area contributed by atoms with E-state index in [0.29, 0.717) is 16.9 Å². The lowest BCUT2D eigenvalue weighted by Gasteiger charge is -2.28. The van der Waals surface area contributed by atoms with Gasteiger partial charge in [0.2, 0.25) is 0 Å². The van der Waals surface area contributed by atoms with Crippen LogP contribution >= 0.6 is 23.2 Å². The normalized spacial score (nSPS) is 14.0. The Morgan fingerprint density at radius 3 is 2.22 bits per heavy atom. The van der Waals surface area contributed by atoms with Gasteiger partial charge in [-0.3, -0.25) is 0 Å². The molecule has 0 spiro atoms. The second-order valence-electron chi connectivity index (χ2n) is 6.15. The van der Waals surface area contributed by atoms with E-state index >= 15 is 0 Å². The van der Waals surface area contributed by atoms with E-state index in [-0.39, 0.29) is 5.54 Å². The van der Waals surface area contributed by atoms with E-state index in [2.05, 4.69) is 39.9 Å². The average molecular weight is 288 g/mol. The van der Waals surface area contributed by atoms with Crippen molar-refractivity contribution in [2.75, 3.05) is 6.54 Å². The molecule has 0 aliphatic carbocycles. The number of halogens is 2. The molecule has 1 N–H and O–H groups in total. The van der Waals surface area contributed by atoms with E-state index in [9.17, 15) is 0 Å². The third-order valence-corrected chi connectivity index (χ3v) is 3.58. The maximum Gasteiger partial charge on any atom is 0.0456 e. The molecular weight excluding hydrogens is 265 g/mol. The number of rotatable bonds is 4. The van der Waals surface area contributed by atoms with Crippen molar-refractivity contribution in [2.24, 2.45) is 5.92 Å². The zero-order chi connectivity index (χ0) is 13.9. The van der Waals surface area contributed by atoms with Gasteiger partial charge in [0.1, 0.15) is 0 Å². The van der Waals surface area contributed by atoms with E-state index in [0.717, 1.165) is 11.6 Å². The summed E-state index contributed by atoms with van der Waals surface area (Å²) in [6.45, 7) is 11.9. The Morgan fingerprint density at radius 2 is 1.78 bits per heavy atom. The minimum absolute atomic E-state index is 0.117. The van der Waals surface area contributed by atoms with Crippen molar-refractivity contribution < 1.29 is 0 Å². The maximum atomic E-state index is 6.31. The summed E-state index contributed by atoms with van der Waals surface area (Å²) in [7, 11) is 0. The molecule has 102 valence electrons. The van der Waals surface area contributed by atoms with Gasteiger partial charge in [-0.25, -0.2) is 0 Å². The number of benzene rings is 1. The Kier molecular flexibility index (Phi) is 5.51. The second-order valence-corrected chi connectivity index (χ2v) is 6.99. The molecule has 0 fully saturated rings. The van der Waals surface area contributed by atoms with Gasteiger partial charge in [-0.15, -0.1) is 0 Å². The predicted molar refractivity (Wildman–Crippen MR) is 81.8 cm³/mol. The summed E-state index contributed by atoms with van der Waals surface area (Å²) in [5, 5.41) is 5.00. The van der Waals surface area contributed by atoms with Crippen LogP contribution in [0.1, 0.15) is 46.1 Å². The lowest BCUT2D eigenvalue weighted by atomic mass is 9.87. The van der Waals surface area contributed by atoms with Crippen LogP contribution in [0, 0.1) is 5.92 Å². The molecule has 3 heteroatoms. The first-order valence-electron chi connectivity index (χ1n) is 6.40. The summed E-state index contributed by atoms with van der Waals surface area (Å²) in [5.74, 6) is 0.924. The molecule has 0 aromatic heterocycles. The van der Waals surface area contributed by atoms with Crippen LogP contribution in [0.4, 0.5) is 0 Å². The van der Waals surface area contributed by atoms with Crippen molar-refractivity contribution in [3.05, 3.63) is 33.8 Å². The molecule has 1 aromatic rings. The largest absolute Gasteiger partial charge is 0.311 e. The third-order valence-electron chi connectivity index (χ3n) is 3.02. The van der Waals surface area contributed by atoms with Gasteiger partial charge in [-0.05, 0) is 44.4 Å². The quantitative estimate of drug-likeness (QED) is 0.810. The van der Waals surface area contributed by atoms with E-state index in [1.165, 1.54) is 5.56 Å². The molecule has 0 saturated carbocycles. The van der Waals surface area contributed by atoms with Gasteiger partial charge in [-0.2, -0.15) is 0 Å². The van der Waals surface area contributed by atoms with Crippen LogP contribution in [0.3, 0.4) is 0 Å². The van der Waals surface area contributed by atoms with Crippen LogP contribution in [0.2, 0.25) is 10.0 Å². The molecular formula is C15H23Cl2N. The van der Waals surface area contributed by atoms with Crippen molar-refractivity contribution in [1.29, 1.82) is 0 Å². The third kappa shape index (κ3) is 4.79. The first kappa shape index (κ1) is 15.8. The molecule has 0 heterocycles. The SMILES string of the molecule is CC(C)C(CNC(C)(C)C)c1ccc(Cl)cc1Cl. The Morgan fingerprint density at radius 1 is 1.17 bits per heavy atom. The van der Waals surface area contributed by atoms with Gasteiger partial charge >= 0.3 is 0 Å². The van der Waals surface area contributed by atoms with Crippen LogP contribution < -0.4 is 5.32 Å². The minimum atomic E-state index is 0.117. The fraction of sp³-hybridized carbons (Fsp3) is 0.600. The molecule has 0 aliphatic heterocycles. The molecule has 1 atom stereocenters. The summed E-state index contributed by atoms with van der Waals surface area (Å²) in [5.41, 5.74) is 1.29. The highest BCUT2D eigenvalue weighted by Gasteiger charge is 2.21. The van der Waals surface area contributed by atoms with Crippen LogP contribution in [-0.2, 0) is 0 Å². The average Bonchev–Trinajstić information content (AvgIpc) is 2.18. The first-order valence-corrected chi connectivity index (χ1v) is 7.16. The fourth-order valence-corrected chi connectivity index (χ4v) is 2.47. The molecule has 1 unspecified atom stereocenters. The first-order chi connectivity index (χ1) is 8.20. The van der Waals surface area contributed by atoms with E-state index in [4.69, 9.17) is 23.2 Å². The lowest BCUT2D eigenvalue weighted by Crippen LogP contribution is -2.39. The van der Waals surface area contributed by atoms with Crippen molar-refractivity contribution in [3.8, 4) is 0 Å². The van der Waals surface area contributed by atoms with Crippen molar-refractivity contribution in [3.63, 3.8) is 0 Å². The van der Waals surface area contributed by atoms with Gasteiger partial charge in [0.05, 0.1) is 0 Å². The Labute approximate surface area is 121 Å². The van der Waals surface area contributed by atoms with Gasteiger partial charge in [0.15, 0.2) is 0 Å². The molecule has 0 amide bonds. The van der Waals surface area contributed by atoms with E-state index in [1.54, 1.807) is 0 Å². The van der Waals surface area contributed by atoms with Crippen molar-refractivity contribution in [1.82, 2.24) is 5.32 Å². The van der Waals surface area contributed by atoms with Crippen LogP contribution in [0.15, 0.2) is 18.2 Å². The Bertz CT molecular complexity index is 394. The molecule has 0 radical (unpaired) electrons. The van der Waals surface area contributed by atoms with Crippen LogP contribution in [0.5, 0.6) is 0 Å². The van der Waals surface area contributed by atoms with Crippen molar-refractivity contribution >= 4 is 23.2 Å². The monoisotopic (exact) mass is 287 g/mol. The lowest BCUT2D eigenvalue weighted by molar-refractivity contribution is 0.372. The zero-order valence-electron chi connectivity index (χ0n) is 11.8. The molecule has 0 saturated heterocycles. The summed E-state index contributed by atoms with van der Waals surface area (Å²) in [6, 6.07) is 5.78. The van der Waals surface area contributed by atoms with Crippen LogP contribution in [-0.4, -0.2) is 12.1 Å². The number of hydrogen-bond donors (Lipinski definition) is 1. The van der Waals surface area contributed by atoms with Gasteiger partial charge in [0, 0.05) is 28.0 Å². The topological polar surface area (TPSA) is 12.0 Å². The predicted octanol–water partition coefficient (Wildman–Crippen LogP) is 5.12. The zero-order valence-corrected chi connectivity index (χ0v) is 13.4. The van der Waals surface area contributed by atoms with E-state index in [1.807, 2.05) is 18.2 Å². The van der Waals surface area contributed by atoms with Gasteiger partial charge in [-0.1, -0.05) is 43.1 Å². The summed E-state index contributed by atoms with van der Waals surface area (Å²) in [6.07, 6.45) is 0. The Hall–Kier alpha value is -0.240. The fourth-order valence-electron chi connectivity index (χ4n) is 1.92. The Balaban J connectivity index is 2.91. The van der Waals surface area contributed by atoms with Crippen LogP contribution in [0.25, 0.3) is 0 Å². The molecule has 1 nitrogen and oxygen atoms in total. The second kappa shape index (κ2) is 6.27. The number of nitrogens with one attached hydrogen (secondary N) is 1. The highest BCUT2D eigenvalue weighted by molar-refractivity contribution is 6.35.